The van der Waals surface area contributed by atoms with Gasteiger partial charge in [-0.1, -0.05) is 29.8 Å². The normalized spacial score (nSPS) is 11.4. The van der Waals surface area contributed by atoms with E-state index in [2.05, 4.69) is 21.2 Å². The number of nitrogens with one attached hydrogen (secondary N) is 1. The predicted molar refractivity (Wildman–Crippen MR) is 57.0 cm³/mol. The van der Waals surface area contributed by atoms with E-state index in [0.717, 1.165) is 12.8 Å². The van der Waals surface area contributed by atoms with Crippen molar-refractivity contribution in [1.29, 1.82) is 0 Å². The van der Waals surface area contributed by atoms with Crippen LogP contribution in [0.5, 0.6) is 0 Å². The maximum absolute atomic E-state index is 11.3. The van der Waals surface area contributed by atoms with Crippen LogP contribution in [0, 0.1) is 0 Å². The minimum absolute atomic E-state index is 0.00498. The zero-order valence-corrected chi connectivity index (χ0v) is 9.85. The van der Waals surface area contributed by atoms with Gasteiger partial charge in [-0.25, -0.2) is 0 Å². The number of halogens is 1. The molecular formula is C9H18BrNO2. The molecule has 0 aliphatic rings. The Balaban J connectivity index is 4.16. The van der Waals surface area contributed by atoms with E-state index >= 15 is 0 Å². The first kappa shape index (κ1) is 12.9. The van der Waals surface area contributed by atoms with Crippen LogP contribution in [0.2, 0.25) is 0 Å². The van der Waals surface area contributed by atoms with Crippen molar-refractivity contribution in [3.63, 3.8) is 0 Å². The Hall–Kier alpha value is -0.0900. The van der Waals surface area contributed by atoms with Crippen molar-refractivity contribution in [2.45, 2.75) is 38.6 Å². The van der Waals surface area contributed by atoms with Crippen molar-refractivity contribution < 1.29 is 9.90 Å². The van der Waals surface area contributed by atoms with E-state index in [1.165, 1.54) is 0 Å². The molecule has 13 heavy (non-hydrogen) atoms. The van der Waals surface area contributed by atoms with Gasteiger partial charge in [0.15, 0.2) is 0 Å². The molecule has 0 radical (unpaired) electrons. The molecule has 0 rings (SSSR count). The van der Waals surface area contributed by atoms with Crippen LogP contribution in [-0.4, -0.2) is 28.5 Å². The molecule has 0 aromatic rings. The first-order chi connectivity index (χ1) is 6.14. The van der Waals surface area contributed by atoms with Crippen LogP contribution in [0.15, 0.2) is 0 Å². The summed E-state index contributed by atoms with van der Waals surface area (Å²) in [6.45, 7) is 3.94. The molecule has 0 heterocycles. The first-order valence-electron chi connectivity index (χ1n) is 4.62. The standard InChI is InChI=1S/C9H18BrNO2/c1-3-9(4-2,7-12)11-8(13)5-6-10/h12H,3-7H2,1-2H3,(H,11,13). The zero-order valence-electron chi connectivity index (χ0n) is 8.27. The Labute approximate surface area is 88.0 Å². The van der Waals surface area contributed by atoms with Gasteiger partial charge in [0.1, 0.15) is 0 Å². The number of aliphatic hydroxyl groups is 1. The fraction of sp³-hybridized carbons (Fsp3) is 0.889. The number of hydrogen-bond donors (Lipinski definition) is 2. The fourth-order valence-electron chi connectivity index (χ4n) is 1.13. The molecule has 2 N–H and O–H groups in total. The number of carbonyl (C=O) groups is 1. The molecule has 0 saturated heterocycles. The van der Waals surface area contributed by atoms with Crippen molar-refractivity contribution >= 4 is 21.8 Å². The Bertz CT molecular complexity index is 149. The second-order valence-electron chi connectivity index (χ2n) is 3.13. The summed E-state index contributed by atoms with van der Waals surface area (Å²) in [4.78, 5) is 11.3. The lowest BCUT2D eigenvalue weighted by Crippen LogP contribution is -2.50. The number of rotatable bonds is 6. The highest BCUT2D eigenvalue weighted by Gasteiger charge is 2.26. The van der Waals surface area contributed by atoms with E-state index in [1.807, 2.05) is 13.8 Å². The van der Waals surface area contributed by atoms with Gasteiger partial charge in [-0.2, -0.15) is 0 Å². The van der Waals surface area contributed by atoms with Crippen LogP contribution in [0.1, 0.15) is 33.1 Å². The summed E-state index contributed by atoms with van der Waals surface area (Å²) in [6.07, 6.45) is 1.98. The molecule has 0 aromatic heterocycles. The fourth-order valence-corrected chi connectivity index (χ4v) is 1.49. The molecule has 1 amide bonds. The average Bonchev–Trinajstić information content (AvgIpc) is 2.15. The van der Waals surface area contributed by atoms with E-state index in [9.17, 15) is 4.79 Å². The molecule has 0 aliphatic carbocycles. The molecule has 0 atom stereocenters. The summed E-state index contributed by atoms with van der Waals surface area (Å²) in [5.74, 6) is -0.00498. The highest BCUT2D eigenvalue weighted by atomic mass is 79.9. The van der Waals surface area contributed by atoms with Crippen molar-refractivity contribution in [2.75, 3.05) is 11.9 Å². The molecule has 0 fully saturated rings. The van der Waals surface area contributed by atoms with Gasteiger partial charge in [0.2, 0.25) is 5.91 Å². The van der Waals surface area contributed by atoms with Crippen molar-refractivity contribution in [2.24, 2.45) is 0 Å². The molecule has 4 heteroatoms. The smallest absolute Gasteiger partial charge is 0.221 e. The molecule has 0 saturated carbocycles. The van der Waals surface area contributed by atoms with Gasteiger partial charge in [-0.05, 0) is 12.8 Å². The summed E-state index contributed by atoms with van der Waals surface area (Å²) >= 11 is 3.20. The average molecular weight is 252 g/mol. The summed E-state index contributed by atoms with van der Waals surface area (Å²) in [7, 11) is 0. The third-order valence-corrected chi connectivity index (χ3v) is 2.78. The Kier molecular flexibility index (Phi) is 6.33. The lowest BCUT2D eigenvalue weighted by atomic mass is 9.94. The van der Waals surface area contributed by atoms with Gasteiger partial charge < -0.3 is 10.4 Å². The summed E-state index contributed by atoms with van der Waals surface area (Å²) in [6, 6.07) is 0. The highest BCUT2D eigenvalue weighted by molar-refractivity contribution is 9.09. The molecule has 0 spiro atoms. The van der Waals surface area contributed by atoms with Crippen LogP contribution in [0.25, 0.3) is 0 Å². The van der Waals surface area contributed by atoms with E-state index in [-0.39, 0.29) is 12.5 Å². The minimum Gasteiger partial charge on any atom is -0.394 e. The topological polar surface area (TPSA) is 49.3 Å². The summed E-state index contributed by atoms with van der Waals surface area (Å²) in [5, 5.41) is 12.7. The first-order valence-corrected chi connectivity index (χ1v) is 5.74. The summed E-state index contributed by atoms with van der Waals surface area (Å²) < 4.78 is 0. The lowest BCUT2D eigenvalue weighted by Gasteiger charge is -2.30. The van der Waals surface area contributed by atoms with Crippen LogP contribution in [-0.2, 0) is 4.79 Å². The Morgan fingerprint density at radius 2 is 2.00 bits per heavy atom. The molecule has 0 unspecified atom stereocenters. The number of alkyl halides is 1. The number of aliphatic hydroxyl groups excluding tert-OH is 1. The van der Waals surface area contributed by atoms with Gasteiger partial charge in [0, 0.05) is 11.8 Å². The number of amides is 1. The van der Waals surface area contributed by atoms with Crippen LogP contribution >= 0.6 is 15.9 Å². The summed E-state index contributed by atoms with van der Waals surface area (Å²) in [5.41, 5.74) is -0.417. The number of carbonyl (C=O) groups excluding carboxylic acids is 1. The van der Waals surface area contributed by atoms with Crippen molar-refractivity contribution in [3.05, 3.63) is 0 Å². The second kappa shape index (κ2) is 6.38. The number of hydrogen-bond acceptors (Lipinski definition) is 2. The third kappa shape index (κ3) is 4.09. The van der Waals surface area contributed by atoms with E-state index in [0.29, 0.717) is 11.8 Å². The molecule has 0 aliphatic heterocycles. The van der Waals surface area contributed by atoms with Gasteiger partial charge in [-0.15, -0.1) is 0 Å². The molecule has 3 nitrogen and oxygen atoms in total. The monoisotopic (exact) mass is 251 g/mol. The highest BCUT2D eigenvalue weighted by Crippen LogP contribution is 2.14. The Morgan fingerprint density at radius 3 is 2.31 bits per heavy atom. The molecule has 78 valence electrons. The SMILES string of the molecule is CCC(CC)(CO)NC(=O)CCBr. The van der Waals surface area contributed by atoms with Gasteiger partial charge in [0.05, 0.1) is 12.1 Å². The molecule has 0 bridgehead atoms. The van der Waals surface area contributed by atoms with Crippen LogP contribution < -0.4 is 5.32 Å². The van der Waals surface area contributed by atoms with E-state index in [4.69, 9.17) is 5.11 Å². The Morgan fingerprint density at radius 1 is 1.46 bits per heavy atom. The quantitative estimate of drug-likeness (QED) is 0.703. The maximum Gasteiger partial charge on any atom is 0.221 e. The predicted octanol–water partition coefficient (Wildman–Crippen LogP) is 1.44. The zero-order chi connectivity index (χ0) is 10.3. The third-order valence-electron chi connectivity index (χ3n) is 2.38. The maximum atomic E-state index is 11.3. The van der Waals surface area contributed by atoms with E-state index in [1.54, 1.807) is 0 Å². The van der Waals surface area contributed by atoms with Crippen molar-refractivity contribution in [3.8, 4) is 0 Å². The van der Waals surface area contributed by atoms with Gasteiger partial charge in [0.25, 0.3) is 0 Å². The molecular weight excluding hydrogens is 234 g/mol. The van der Waals surface area contributed by atoms with Crippen LogP contribution in [0.3, 0.4) is 0 Å². The van der Waals surface area contributed by atoms with Gasteiger partial charge >= 0.3 is 0 Å². The minimum atomic E-state index is -0.417. The van der Waals surface area contributed by atoms with Crippen LogP contribution in [0.4, 0.5) is 0 Å². The second-order valence-corrected chi connectivity index (χ2v) is 3.93. The lowest BCUT2D eigenvalue weighted by molar-refractivity contribution is -0.123. The van der Waals surface area contributed by atoms with Crippen molar-refractivity contribution in [1.82, 2.24) is 5.32 Å². The van der Waals surface area contributed by atoms with Gasteiger partial charge in [-0.3, -0.25) is 4.79 Å². The largest absolute Gasteiger partial charge is 0.394 e. The molecule has 0 aromatic carbocycles. The van der Waals surface area contributed by atoms with E-state index < -0.39 is 5.54 Å².